The van der Waals surface area contributed by atoms with E-state index in [0.29, 0.717) is 30.4 Å². The summed E-state index contributed by atoms with van der Waals surface area (Å²) in [6.45, 7) is 0.487. The first-order valence-electron chi connectivity index (χ1n) is 11.7. The first kappa shape index (κ1) is 30.1. The van der Waals surface area contributed by atoms with Gasteiger partial charge in [-0.15, -0.1) is 0 Å². The number of aromatic nitrogens is 2. The average molecular weight is 534 g/mol. The summed E-state index contributed by atoms with van der Waals surface area (Å²) in [5.41, 5.74) is -2.07. The Bertz CT molecular complexity index is 1000. The maximum Gasteiger partial charge on any atom is 0.336 e. The zero-order valence-electron chi connectivity index (χ0n) is 20.5. The molecular weight excluding hydrogens is 503 g/mol. The minimum atomic E-state index is -1.22. The molecule has 2 heterocycles. The Hall–Kier alpha value is -3.14. The molecule has 0 amide bonds. The highest BCUT2D eigenvalue weighted by Gasteiger charge is 2.22. The first-order valence-corrected chi connectivity index (χ1v) is 11.7. The van der Waals surface area contributed by atoms with Gasteiger partial charge in [-0.05, 0) is 19.3 Å². The Morgan fingerprint density at radius 3 is 2.22 bits per heavy atom. The molecule has 1 fully saturated rings. The number of hydrogen-bond donors (Lipinski definition) is 0. The maximum absolute atomic E-state index is 14.0. The standard InChI is InChI=1S/C22H31FN2O12/c1-2-4-18(26)36-15-37-20(28)13-33-10-8-31-7-9-32-12-19(27)35-14-25-21(29)16(23)11-24(22(25)30)17-5-3-6-34-17/h11,17H,2-10,12-15H2,1H3. The van der Waals surface area contributed by atoms with Gasteiger partial charge in [-0.25, -0.2) is 19.0 Å². The van der Waals surface area contributed by atoms with Crippen LogP contribution in [0.3, 0.4) is 0 Å². The number of halogens is 1. The number of carbonyl (C=O) groups excluding carboxylic acids is 3. The minimum Gasteiger partial charge on any atom is -0.442 e. The Morgan fingerprint density at radius 2 is 1.59 bits per heavy atom. The van der Waals surface area contributed by atoms with Gasteiger partial charge in [-0.1, -0.05) is 6.92 Å². The summed E-state index contributed by atoms with van der Waals surface area (Å²) >= 11 is 0. The molecule has 0 saturated carbocycles. The van der Waals surface area contributed by atoms with Crippen LogP contribution in [0.15, 0.2) is 15.8 Å². The van der Waals surface area contributed by atoms with Gasteiger partial charge < -0.3 is 33.2 Å². The molecule has 1 aliphatic rings. The lowest BCUT2D eigenvalue weighted by molar-refractivity contribution is -0.170. The summed E-state index contributed by atoms with van der Waals surface area (Å²) in [5, 5.41) is 0. The Balaban J connectivity index is 1.54. The van der Waals surface area contributed by atoms with Gasteiger partial charge in [0.1, 0.15) is 19.4 Å². The van der Waals surface area contributed by atoms with Crippen molar-refractivity contribution in [1.82, 2.24) is 9.13 Å². The molecule has 0 aromatic carbocycles. The zero-order chi connectivity index (χ0) is 27.0. The van der Waals surface area contributed by atoms with Gasteiger partial charge in [-0.2, -0.15) is 4.39 Å². The highest BCUT2D eigenvalue weighted by Crippen LogP contribution is 2.20. The first-order chi connectivity index (χ1) is 17.8. The third-order valence-electron chi connectivity index (χ3n) is 4.80. The van der Waals surface area contributed by atoms with E-state index in [-0.39, 0.29) is 39.5 Å². The monoisotopic (exact) mass is 534 g/mol. The molecule has 15 heteroatoms. The Morgan fingerprint density at radius 1 is 0.973 bits per heavy atom. The number of hydrogen-bond acceptors (Lipinski definition) is 12. The molecule has 37 heavy (non-hydrogen) atoms. The number of carbonyl (C=O) groups is 3. The van der Waals surface area contributed by atoms with Crippen LogP contribution in [0.5, 0.6) is 0 Å². The smallest absolute Gasteiger partial charge is 0.336 e. The zero-order valence-corrected chi connectivity index (χ0v) is 20.5. The van der Waals surface area contributed by atoms with Crippen LogP contribution in [0.25, 0.3) is 0 Å². The van der Waals surface area contributed by atoms with Crippen LogP contribution >= 0.6 is 0 Å². The molecule has 0 bridgehead atoms. The van der Waals surface area contributed by atoms with Crippen molar-refractivity contribution in [3.63, 3.8) is 0 Å². The third kappa shape index (κ3) is 10.8. The van der Waals surface area contributed by atoms with Crippen molar-refractivity contribution in [1.29, 1.82) is 0 Å². The summed E-state index contributed by atoms with van der Waals surface area (Å²) in [6, 6.07) is 0. The van der Waals surface area contributed by atoms with Gasteiger partial charge in [0.05, 0.1) is 32.6 Å². The van der Waals surface area contributed by atoms with Crippen molar-refractivity contribution in [2.24, 2.45) is 0 Å². The Kier molecular flexibility index (Phi) is 13.5. The molecule has 0 radical (unpaired) electrons. The molecule has 0 N–H and O–H groups in total. The number of ether oxygens (including phenoxy) is 7. The van der Waals surface area contributed by atoms with Crippen LogP contribution < -0.4 is 11.2 Å². The molecule has 14 nitrogen and oxygen atoms in total. The molecule has 0 aliphatic carbocycles. The fourth-order valence-corrected chi connectivity index (χ4v) is 2.99. The van der Waals surface area contributed by atoms with Crippen LogP contribution in [0.1, 0.15) is 38.8 Å². The lowest BCUT2D eigenvalue weighted by Crippen LogP contribution is -2.43. The SMILES string of the molecule is CCCC(=O)OCOC(=O)COCCOCCOCC(=O)OCn1c(=O)c(F)cn(C2CCCO2)c1=O. The third-order valence-corrected chi connectivity index (χ3v) is 4.80. The lowest BCUT2D eigenvalue weighted by Gasteiger charge is -2.15. The molecule has 1 unspecified atom stereocenters. The summed E-state index contributed by atoms with van der Waals surface area (Å²) in [7, 11) is 0. The van der Waals surface area contributed by atoms with Crippen molar-refractivity contribution in [3.8, 4) is 0 Å². The van der Waals surface area contributed by atoms with E-state index in [4.69, 9.17) is 23.7 Å². The summed E-state index contributed by atoms with van der Waals surface area (Å²) in [6.07, 6.45) is 2.15. The van der Waals surface area contributed by atoms with Gasteiger partial charge in [0.25, 0.3) is 5.56 Å². The van der Waals surface area contributed by atoms with E-state index in [1.807, 2.05) is 6.92 Å². The van der Waals surface area contributed by atoms with Crippen LogP contribution in [0.4, 0.5) is 4.39 Å². The molecular formula is C22H31FN2O12. The molecule has 1 atom stereocenters. The van der Waals surface area contributed by atoms with Gasteiger partial charge in [-0.3, -0.25) is 14.2 Å². The van der Waals surface area contributed by atoms with Crippen LogP contribution in [0.2, 0.25) is 0 Å². The van der Waals surface area contributed by atoms with E-state index < -0.39 is 61.3 Å². The second-order valence-corrected chi connectivity index (χ2v) is 7.63. The van der Waals surface area contributed by atoms with E-state index >= 15 is 0 Å². The van der Waals surface area contributed by atoms with Crippen molar-refractivity contribution in [3.05, 3.63) is 32.9 Å². The van der Waals surface area contributed by atoms with Crippen LogP contribution in [-0.4, -0.2) is 80.1 Å². The number of nitrogens with zero attached hydrogens (tertiary/aromatic N) is 2. The fraction of sp³-hybridized carbons (Fsp3) is 0.682. The molecule has 1 aromatic rings. The fourth-order valence-electron chi connectivity index (χ4n) is 2.99. The van der Waals surface area contributed by atoms with Crippen molar-refractivity contribution >= 4 is 17.9 Å². The minimum absolute atomic E-state index is 0.0198. The van der Waals surface area contributed by atoms with E-state index in [1.54, 1.807) is 0 Å². The molecule has 208 valence electrons. The van der Waals surface area contributed by atoms with Crippen LogP contribution in [0, 0.1) is 5.82 Å². The molecule has 1 aromatic heterocycles. The predicted molar refractivity (Wildman–Crippen MR) is 120 cm³/mol. The van der Waals surface area contributed by atoms with Gasteiger partial charge in [0, 0.05) is 13.0 Å². The van der Waals surface area contributed by atoms with Crippen molar-refractivity contribution in [2.75, 3.05) is 53.0 Å². The highest BCUT2D eigenvalue weighted by atomic mass is 19.1. The normalized spacial score (nSPS) is 14.9. The van der Waals surface area contributed by atoms with Gasteiger partial charge in [0.2, 0.25) is 12.6 Å². The van der Waals surface area contributed by atoms with Gasteiger partial charge >= 0.3 is 23.6 Å². The summed E-state index contributed by atoms with van der Waals surface area (Å²) in [5.74, 6) is -3.20. The summed E-state index contributed by atoms with van der Waals surface area (Å²) in [4.78, 5) is 58.7. The maximum atomic E-state index is 14.0. The molecule has 1 saturated heterocycles. The van der Waals surface area contributed by atoms with Crippen molar-refractivity contribution < 1.29 is 51.9 Å². The molecule has 1 aliphatic heterocycles. The summed E-state index contributed by atoms with van der Waals surface area (Å²) < 4.78 is 50.2. The molecule has 2 rings (SSSR count). The quantitative estimate of drug-likeness (QED) is 0.148. The second-order valence-electron chi connectivity index (χ2n) is 7.63. The Labute approximate surface area is 211 Å². The highest BCUT2D eigenvalue weighted by molar-refractivity contribution is 5.71. The second kappa shape index (κ2) is 16.6. The average Bonchev–Trinajstić information content (AvgIpc) is 3.40. The molecule has 0 spiro atoms. The predicted octanol–water partition coefficient (Wildman–Crippen LogP) is -0.147. The number of esters is 3. The van der Waals surface area contributed by atoms with Crippen molar-refractivity contribution in [2.45, 2.75) is 45.6 Å². The van der Waals surface area contributed by atoms with Crippen LogP contribution in [-0.2, 0) is 54.3 Å². The van der Waals surface area contributed by atoms with Gasteiger partial charge in [0.15, 0.2) is 6.73 Å². The lowest BCUT2D eigenvalue weighted by atomic mass is 10.3. The van der Waals surface area contributed by atoms with E-state index in [1.165, 1.54) is 0 Å². The topological polar surface area (TPSA) is 160 Å². The number of rotatable bonds is 17. The largest absolute Gasteiger partial charge is 0.442 e. The van der Waals surface area contributed by atoms with E-state index in [2.05, 4.69) is 9.47 Å². The van der Waals surface area contributed by atoms with E-state index in [0.717, 1.165) is 10.8 Å². The van der Waals surface area contributed by atoms with E-state index in [9.17, 15) is 28.4 Å².